The standard InChI is InChI=1S/C48H45F2N7O7/c1-26(53-41(59)12-5-6-21-51-40(58)19-14-27-8-7-11-32-43(27)48(64)57(47(32)63)39-18-20-42(60)56-46(39)62)31-17-13-28(22-36(31)49)33-23-34-38(24-37(33)50)52-25-35(45(61)55-30-15-16-30)44(34)54-29-9-3-2-4-10-29/h2-4,7-11,13,17,22-26,30,39H,5-6,12,14-16,18-21H2,1H3,(H,51,58)(H,52,54)(H,53,59)(H,55,61)(H,56,60,62). The van der Waals surface area contributed by atoms with Gasteiger partial charge in [-0.15, -0.1) is 0 Å². The molecule has 1 saturated carbocycles. The van der Waals surface area contributed by atoms with Gasteiger partial charge >= 0.3 is 0 Å². The number of carbonyl (C=O) groups is 7. The number of imide groups is 2. The number of aromatic nitrogens is 1. The van der Waals surface area contributed by atoms with Crippen LogP contribution in [0.5, 0.6) is 0 Å². The quantitative estimate of drug-likeness (QED) is 0.0558. The number of unbranched alkanes of at least 4 members (excludes halogenated alkanes) is 1. The first-order valence-electron chi connectivity index (χ1n) is 21.3. The Hall–Kier alpha value is -7.36. The van der Waals surface area contributed by atoms with E-state index < -0.39 is 47.3 Å². The molecule has 0 spiro atoms. The summed E-state index contributed by atoms with van der Waals surface area (Å²) in [7, 11) is 0. The maximum atomic E-state index is 15.7. The molecule has 328 valence electrons. The molecule has 3 heterocycles. The topological polar surface area (TPSA) is 196 Å². The monoisotopic (exact) mass is 869 g/mol. The van der Waals surface area contributed by atoms with Gasteiger partial charge in [-0.2, -0.15) is 0 Å². The Labute approximate surface area is 366 Å². The summed E-state index contributed by atoms with van der Waals surface area (Å²) in [4.78, 5) is 94.6. The van der Waals surface area contributed by atoms with Crippen LogP contribution in [0.25, 0.3) is 22.0 Å². The lowest BCUT2D eigenvalue weighted by Gasteiger charge is -2.27. The van der Waals surface area contributed by atoms with Crippen molar-refractivity contribution in [3.8, 4) is 11.1 Å². The number of carbonyl (C=O) groups excluding carboxylic acids is 7. The van der Waals surface area contributed by atoms with Crippen LogP contribution in [0.2, 0.25) is 0 Å². The summed E-state index contributed by atoms with van der Waals surface area (Å²) in [6.07, 6.45) is 4.48. The van der Waals surface area contributed by atoms with Crippen LogP contribution in [-0.2, 0) is 25.6 Å². The minimum Gasteiger partial charge on any atom is -0.356 e. The van der Waals surface area contributed by atoms with Gasteiger partial charge in [0.25, 0.3) is 17.7 Å². The van der Waals surface area contributed by atoms with Crippen LogP contribution in [0.1, 0.15) is 107 Å². The number of aryl methyl sites for hydroxylation is 1. The van der Waals surface area contributed by atoms with E-state index in [1.165, 1.54) is 30.5 Å². The summed E-state index contributed by atoms with van der Waals surface area (Å²) in [6, 6.07) is 19.4. The minimum atomic E-state index is -1.09. The molecule has 2 aliphatic heterocycles. The Morgan fingerprint density at radius 1 is 0.844 bits per heavy atom. The fraction of sp³-hybridized carbons (Fsp3) is 0.292. The molecule has 1 aliphatic carbocycles. The van der Waals surface area contributed by atoms with Crippen LogP contribution in [0, 0.1) is 11.6 Å². The predicted octanol–water partition coefficient (Wildman–Crippen LogP) is 6.31. The van der Waals surface area contributed by atoms with E-state index in [0.29, 0.717) is 46.2 Å². The van der Waals surface area contributed by atoms with E-state index in [-0.39, 0.29) is 90.2 Å². The predicted molar refractivity (Wildman–Crippen MR) is 232 cm³/mol. The molecule has 16 heteroatoms. The number of nitrogens with zero attached hydrogens (tertiary/aromatic N) is 2. The van der Waals surface area contributed by atoms with Crippen molar-refractivity contribution < 1.29 is 42.3 Å². The Balaban J connectivity index is 0.833. The number of anilines is 2. The summed E-state index contributed by atoms with van der Waals surface area (Å²) in [5, 5.41) is 14.5. The van der Waals surface area contributed by atoms with E-state index in [2.05, 4.69) is 31.6 Å². The number of para-hydroxylation sites is 1. The van der Waals surface area contributed by atoms with Gasteiger partial charge in [-0.05, 0) is 86.9 Å². The lowest BCUT2D eigenvalue weighted by Crippen LogP contribution is -2.54. The number of amides is 7. The Morgan fingerprint density at radius 3 is 2.39 bits per heavy atom. The number of rotatable bonds is 16. The third-order valence-corrected chi connectivity index (χ3v) is 11.6. The van der Waals surface area contributed by atoms with Gasteiger partial charge in [0, 0.05) is 66.3 Å². The highest BCUT2D eigenvalue weighted by Gasteiger charge is 2.45. The number of benzene rings is 4. The van der Waals surface area contributed by atoms with Crippen molar-refractivity contribution in [3.05, 3.63) is 125 Å². The molecule has 1 aromatic heterocycles. The molecule has 8 rings (SSSR count). The first-order chi connectivity index (χ1) is 30.9. The number of pyridine rings is 1. The number of hydrogen-bond donors (Lipinski definition) is 5. The van der Waals surface area contributed by atoms with Crippen molar-refractivity contribution in [2.45, 2.75) is 82.8 Å². The van der Waals surface area contributed by atoms with Gasteiger partial charge in [0.05, 0.1) is 33.9 Å². The van der Waals surface area contributed by atoms with Crippen molar-refractivity contribution in [1.29, 1.82) is 0 Å². The van der Waals surface area contributed by atoms with Crippen molar-refractivity contribution in [2.75, 3.05) is 11.9 Å². The minimum absolute atomic E-state index is 0.00819. The highest BCUT2D eigenvalue weighted by molar-refractivity contribution is 6.24. The zero-order valence-corrected chi connectivity index (χ0v) is 34.9. The smallest absolute Gasteiger partial charge is 0.262 e. The largest absolute Gasteiger partial charge is 0.356 e. The van der Waals surface area contributed by atoms with E-state index in [1.54, 1.807) is 31.2 Å². The van der Waals surface area contributed by atoms with Crippen molar-refractivity contribution in [1.82, 2.24) is 31.2 Å². The fourth-order valence-electron chi connectivity index (χ4n) is 8.10. The molecule has 0 radical (unpaired) electrons. The SMILES string of the molecule is CC(NC(=O)CCCCNC(=O)CCc1cccc2c1C(=O)N(C1CCC(=O)NC1=O)C2=O)c1ccc(-c2cc3c(Nc4ccccc4)c(C(=O)NC4CC4)cnc3cc2F)cc1F. The molecule has 3 aliphatic rings. The van der Waals surface area contributed by atoms with Gasteiger partial charge in [-0.1, -0.05) is 42.5 Å². The molecule has 4 aromatic carbocycles. The van der Waals surface area contributed by atoms with Crippen LogP contribution >= 0.6 is 0 Å². The molecule has 14 nitrogen and oxygen atoms in total. The molecule has 5 aromatic rings. The van der Waals surface area contributed by atoms with Crippen LogP contribution < -0.4 is 26.6 Å². The van der Waals surface area contributed by atoms with E-state index in [9.17, 15) is 33.6 Å². The third kappa shape index (κ3) is 9.35. The van der Waals surface area contributed by atoms with Gasteiger partial charge in [-0.3, -0.25) is 48.8 Å². The maximum absolute atomic E-state index is 15.7. The zero-order valence-electron chi connectivity index (χ0n) is 34.9. The lowest BCUT2D eigenvalue weighted by molar-refractivity contribution is -0.136. The van der Waals surface area contributed by atoms with E-state index >= 15 is 8.78 Å². The second kappa shape index (κ2) is 18.5. The molecule has 7 amide bonds. The summed E-state index contributed by atoms with van der Waals surface area (Å²) < 4.78 is 31.4. The molecule has 2 fully saturated rings. The molecule has 2 atom stereocenters. The number of piperidine rings is 1. The van der Waals surface area contributed by atoms with Crippen LogP contribution in [0.3, 0.4) is 0 Å². The van der Waals surface area contributed by atoms with E-state index in [0.717, 1.165) is 17.7 Å². The van der Waals surface area contributed by atoms with Gasteiger partial charge in [0.15, 0.2) is 0 Å². The van der Waals surface area contributed by atoms with E-state index in [1.807, 2.05) is 30.3 Å². The molecule has 0 bridgehead atoms. The zero-order chi connectivity index (χ0) is 45.1. The maximum Gasteiger partial charge on any atom is 0.262 e. The first kappa shape index (κ1) is 43.3. The van der Waals surface area contributed by atoms with Crippen LogP contribution in [0.4, 0.5) is 20.2 Å². The number of hydrogen-bond acceptors (Lipinski definition) is 9. The highest BCUT2D eigenvalue weighted by atomic mass is 19.1. The molecule has 2 unspecified atom stereocenters. The molecule has 64 heavy (non-hydrogen) atoms. The summed E-state index contributed by atoms with van der Waals surface area (Å²) in [5.41, 5.74) is 3.11. The summed E-state index contributed by atoms with van der Waals surface area (Å²) >= 11 is 0. The second-order valence-corrected chi connectivity index (χ2v) is 16.3. The van der Waals surface area contributed by atoms with Crippen molar-refractivity contribution >= 4 is 63.6 Å². The summed E-state index contributed by atoms with van der Waals surface area (Å²) in [6.45, 7) is 1.93. The Morgan fingerprint density at radius 2 is 1.64 bits per heavy atom. The average Bonchev–Trinajstić information content (AvgIpc) is 4.05. The normalized spacial score (nSPS) is 16.3. The molecule has 1 saturated heterocycles. The Kier molecular flexibility index (Phi) is 12.5. The van der Waals surface area contributed by atoms with Gasteiger partial charge in [-0.25, -0.2) is 8.78 Å². The Bertz CT molecular complexity index is 2720. The first-order valence-corrected chi connectivity index (χ1v) is 21.3. The third-order valence-electron chi connectivity index (χ3n) is 11.6. The molecular weight excluding hydrogens is 825 g/mol. The van der Waals surface area contributed by atoms with Crippen molar-refractivity contribution in [2.24, 2.45) is 0 Å². The van der Waals surface area contributed by atoms with Gasteiger partial charge in [0.1, 0.15) is 17.7 Å². The van der Waals surface area contributed by atoms with E-state index in [4.69, 9.17) is 0 Å². The molecular formula is C48H45F2N7O7. The summed E-state index contributed by atoms with van der Waals surface area (Å²) in [5.74, 6) is -4.60. The van der Waals surface area contributed by atoms with Crippen LogP contribution in [0.15, 0.2) is 85.1 Å². The highest BCUT2D eigenvalue weighted by Crippen LogP contribution is 2.36. The van der Waals surface area contributed by atoms with Gasteiger partial charge in [0.2, 0.25) is 23.6 Å². The average molecular weight is 870 g/mol. The number of nitrogens with one attached hydrogen (secondary N) is 5. The van der Waals surface area contributed by atoms with Crippen molar-refractivity contribution in [3.63, 3.8) is 0 Å². The number of halogens is 2. The second-order valence-electron chi connectivity index (χ2n) is 16.3. The lowest BCUT2D eigenvalue weighted by atomic mass is 9.97. The fourth-order valence-corrected chi connectivity index (χ4v) is 8.10. The molecule has 5 N–H and O–H groups in total. The van der Waals surface area contributed by atoms with Crippen LogP contribution in [-0.4, -0.2) is 69.9 Å². The van der Waals surface area contributed by atoms with Gasteiger partial charge < -0.3 is 21.3 Å². The number of fused-ring (bicyclic) bond motifs is 2.